The fraction of sp³-hybridized carbons (Fsp3) is 0.579. The molecule has 1 unspecified atom stereocenters. The summed E-state index contributed by atoms with van der Waals surface area (Å²) in [5.74, 6) is 0.457. The first kappa shape index (κ1) is 16.5. The molecule has 0 N–H and O–H groups in total. The van der Waals surface area contributed by atoms with E-state index in [-0.39, 0.29) is 24.0 Å². The lowest BCUT2D eigenvalue weighted by Gasteiger charge is -2.34. The van der Waals surface area contributed by atoms with Gasteiger partial charge in [0.25, 0.3) is 5.91 Å². The molecule has 0 saturated carbocycles. The van der Waals surface area contributed by atoms with Crippen molar-refractivity contribution in [2.75, 3.05) is 37.7 Å². The zero-order valence-electron chi connectivity index (χ0n) is 14.4. The number of amides is 2. The van der Waals surface area contributed by atoms with Gasteiger partial charge >= 0.3 is 0 Å². The molecule has 134 valence electrons. The van der Waals surface area contributed by atoms with Crippen LogP contribution in [0.3, 0.4) is 0 Å². The second-order valence-electron chi connectivity index (χ2n) is 6.96. The van der Waals surface area contributed by atoms with Gasteiger partial charge in [0.1, 0.15) is 0 Å². The summed E-state index contributed by atoms with van der Waals surface area (Å²) < 4.78 is 11.2. The molecule has 2 amide bonds. The maximum absolute atomic E-state index is 12.8. The van der Waals surface area contributed by atoms with E-state index in [1.54, 1.807) is 4.90 Å². The molecule has 25 heavy (non-hydrogen) atoms. The molecule has 0 aromatic heterocycles. The van der Waals surface area contributed by atoms with Crippen molar-refractivity contribution in [2.24, 2.45) is 5.92 Å². The summed E-state index contributed by atoms with van der Waals surface area (Å²) in [6, 6.07) is 7.41. The summed E-state index contributed by atoms with van der Waals surface area (Å²) in [6.45, 7) is 3.50. The molecule has 0 radical (unpaired) electrons. The minimum Gasteiger partial charge on any atom is -0.350 e. The first-order valence-electron chi connectivity index (χ1n) is 9.15. The number of nitrogens with zero attached hydrogens (tertiary/aromatic N) is 2. The van der Waals surface area contributed by atoms with Crippen LogP contribution < -0.4 is 4.90 Å². The van der Waals surface area contributed by atoms with Gasteiger partial charge in [-0.3, -0.25) is 9.59 Å². The number of carbonyl (C=O) groups is 2. The molecule has 3 heterocycles. The van der Waals surface area contributed by atoms with E-state index < -0.39 is 0 Å². The Morgan fingerprint density at radius 3 is 2.48 bits per heavy atom. The number of piperidine rings is 1. The Kier molecular flexibility index (Phi) is 4.72. The summed E-state index contributed by atoms with van der Waals surface area (Å²) in [7, 11) is 0. The van der Waals surface area contributed by atoms with Gasteiger partial charge in [0.15, 0.2) is 6.29 Å². The molecule has 3 saturated heterocycles. The van der Waals surface area contributed by atoms with E-state index in [0.29, 0.717) is 31.7 Å². The van der Waals surface area contributed by atoms with Gasteiger partial charge in [-0.05, 0) is 43.5 Å². The third-order valence-electron chi connectivity index (χ3n) is 5.28. The van der Waals surface area contributed by atoms with Crippen LogP contribution in [0.15, 0.2) is 24.3 Å². The lowest BCUT2D eigenvalue weighted by atomic mass is 9.96. The van der Waals surface area contributed by atoms with E-state index >= 15 is 0 Å². The Morgan fingerprint density at radius 1 is 1.04 bits per heavy atom. The first-order chi connectivity index (χ1) is 12.2. The number of anilines is 1. The van der Waals surface area contributed by atoms with Crippen molar-refractivity contribution in [1.82, 2.24) is 4.90 Å². The molecular formula is C19H24N2O4. The van der Waals surface area contributed by atoms with E-state index in [4.69, 9.17) is 9.47 Å². The molecule has 3 aliphatic heterocycles. The van der Waals surface area contributed by atoms with Crippen molar-refractivity contribution >= 4 is 17.5 Å². The number of hydrogen-bond acceptors (Lipinski definition) is 4. The monoisotopic (exact) mass is 344 g/mol. The highest BCUT2D eigenvalue weighted by molar-refractivity contribution is 5.97. The van der Waals surface area contributed by atoms with Gasteiger partial charge < -0.3 is 19.3 Å². The summed E-state index contributed by atoms with van der Waals surface area (Å²) >= 11 is 0. The standard InChI is InChI=1S/C19H24N2O4/c22-17-4-2-10-21(17)16-7-5-14(6-8-16)18(23)20-9-1-3-15(13-20)19-24-11-12-25-19/h5-8,15,19H,1-4,9-13H2. The predicted octanol–water partition coefficient (Wildman–Crippen LogP) is 2.04. The third-order valence-corrected chi connectivity index (χ3v) is 5.28. The molecule has 0 aliphatic carbocycles. The zero-order chi connectivity index (χ0) is 17.2. The van der Waals surface area contributed by atoms with Crippen LogP contribution in [0.2, 0.25) is 0 Å². The summed E-state index contributed by atoms with van der Waals surface area (Å²) in [5, 5.41) is 0. The van der Waals surface area contributed by atoms with Gasteiger partial charge in [0.05, 0.1) is 13.2 Å². The molecule has 0 bridgehead atoms. The lowest BCUT2D eigenvalue weighted by Crippen LogP contribution is -2.43. The first-order valence-corrected chi connectivity index (χ1v) is 9.15. The second kappa shape index (κ2) is 7.14. The number of ether oxygens (including phenoxy) is 2. The Bertz CT molecular complexity index is 639. The van der Waals surface area contributed by atoms with Gasteiger partial charge in [0.2, 0.25) is 5.91 Å². The minimum absolute atomic E-state index is 0.0435. The highest BCUT2D eigenvalue weighted by atomic mass is 16.7. The van der Waals surface area contributed by atoms with E-state index in [9.17, 15) is 9.59 Å². The Hall–Kier alpha value is -1.92. The minimum atomic E-state index is -0.167. The van der Waals surface area contributed by atoms with Gasteiger partial charge in [-0.2, -0.15) is 0 Å². The summed E-state index contributed by atoms with van der Waals surface area (Å²) in [4.78, 5) is 28.3. The quantitative estimate of drug-likeness (QED) is 0.842. The maximum atomic E-state index is 12.8. The molecule has 6 heteroatoms. The van der Waals surface area contributed by atoms with Crippen LogP contribution in [-0.4, -0.2) is 55.9 Å². The fourth-order valence-electron chi connectivity index (χ4n) is 3.95. The average Bonchev–Trinajstić information content (AvgIpc) is 3.33. The molecule has 4 rings (SSSR count). The molecular weight excluding hydrogens is 320 g/mol. The highest BCUT2D eigenvalue weighted by Gasteiger charge is 2.33. The Labute approximate surface area is 147 Å². The van der Waals surface area contributed by atoms with E-state index in [2.05, 4.69) is 0 Å². The van der Waals surface area contributed by atoms with Crippen molar-refractivity contribution in [3.8, 4) is 0 Å². The van der Waals surface area contributed by atoms with E-state index in [1.807, 2.05) is 29.2 Å². The average molecular weight is 344 g/mol. The topological polar surface area (TPSA) is 59.1 Å². The number of carbonyl (C=O) groups excluding carboxylic acids is 2. The third kappa shape index (κ3) is 3.41. The predicted molar refractivity (Wildman–Crippen MR) is 92.3 cm³/mol. The molecule has 1 atom stereocenters. The van der Waals surface area contributed by atoms with Crippen molar-refractivity contribution in [1.29, 1.82) is 0 Å². The van der Waals surface area contributed by atoms with Crippen molar-refractivity contribution in [3.05, 3.63) is 29.8 Å². The number of likely N-dealkylation sites (tertiary alicyclic amines) is 1. The summed E-state index contributed by atoms with van der Waals surface area (Å²) in [6.07, 6.45) is 3.35. The van der Waals surface area contributed by atoms with Crippen molar-refractivity contribution < 1.29 is 19.1 Å². The maximum Gasteiger partial charge on any atom is 0.253 e. The van der Waals surface area contributed by atoms with Gasteiger partial charge in [0, 0.05) is 43.2 Å². The van der Waals surface area contributed by atoms with Crippen LogP contribution in [-0.2, 0) is 14.3 Å². The van der Waals surface area contributed by atoms with Gasteiger partial charge in [-0.1, -0.05) is 0 Å². The molecule has 1 aromatic carbocycles. The van der Waals surface area contributed by atoms with Crippen molar-refractivity contribution in [3.63, 3.8) is 0 Å². The molecule has 6 nitrogen and oxygen atoms in total. The second-order valence-corrected chi connectivity index (χ2v) is 6.96. The number of hydrogen-bond donors (Lipinski definition) is 0. The van der Waals surface area contributed by atoms with Crippen LogP contribution in [0.1, 0.15) is 36.0 Å². The zero-order valence-corrected chi connectivity index (χ0v) is 14.4. The largest absolute Gasteiger partial charge is 0.350 e. The Morgan fingerprint density at radius 2 is 1.80 bits per heavy atom. The van der Waals surface area contributed by atoms with Crippen LogP contribution in [0.25, 0.3) is 0 Å². The van der Waals surface area contributed by atoms with Gasteiger partial charge in [-0.25, -0.2) is 0 Å². The van der Waals surface area contributed by atoms with E-state index in [1.165, 1.54) is 0 Å². The number of rotatable bonds is 3. The van der Waals surface area contributed by atoms with E-state index in [0.717, 1.165) is 38.0 Å². The van der Waals surface area contributed by atoms with Crippen molar-refractivity contribution in [2.45, 2.75) is 32.0 Å². The lowest BCUT2D eigenvalue weighted by molar-refractivity contribution is -0.117. The fourth-order valence-corrected chi connectivity index (χ4v) is 3.95. The SMILES string of the molecule is O=C(c1ccc(N2CCCC2=O)cc1)N1CCCC(C2OCCO2)C1. The van der Waals surface area contributed by atoms with Crippen LogP contribution in [0, 0.1) is 5.92 Å². The molecule has 1 aromatic rings. The number of benzene rings is 1. The molecule has 0 spiro atoms. The van der Waals surface area contributed by atoms with Gasteiger partial charge in [-0.15, -0.1) is 0 Å². The smallest absolute Gasteiger partial charge is 0.253 e. The Balaban J connectivity index is 1.42. The van der Waals surface area contributed by atoms with Crippen LogP contribution in [0.5, 0.6) is 0 Å². The van der Waals surface area contributed by atoms with Crippen LogP contribution in [0.4, 0.5) is 5.69 Å². The van der Waals surface area contributed by atoms with Crippen LogP contribution >= 0.6 is 0 Å². The summed E-state index contributed by atoms with van der Waals surface area (Å²) in [5.41, 5.74) is 1.55. The highest BCUT2D eigenvalue weighted by Crippen LogP contribution is 2.27. The molecule has 3 fully saturated rings. The normalized spacial score (nSPS) is 25.0. The molecule has 3 aliphatic rings.